The zero-order valence-electron chi connectivity index (χ0n) is 20.4. The lowest BCUT2D eigenvalue weighted by atomic mass is 10.1. The van der Waals surface area contributed by atoms with Crippen LogP contribution < -0.4 is 5.32 Å². The van der Waals surface area contributed by atoms with Gasteiger partial charge in [0.15, 0.2) is 0 Å². The van der Waals surface area contributed by atoms with Crippen molar-refractivity contribution in [2.24, 2.45) is 5.92 Å². The van der Waals surface area contributed by atoms with E-state index in [2.05, 4.69) is 5.32 Å². The van der Waals surface area contributed by atoms with Crippen LogP contribution in [0.2, 0.25) is 0 Å². The van der Waals surface area contributed by atoms with Crippen LogP contribution >= 0.6 is 0 Å². The Morgan fingerprint density at radius 1 is 1.00 bits per heavy atom. The summed E-state index contributed by atoms with van der Waals surface area (Å²) in [6.45, 7) is 6.46. The molecule has 0 spiro atoms. The van der Waals surface area contributed by atoms with Crippen LogP contribution in [-0.2, 0) is 26.0 Å². The molecule has 1 N–H and O–H groups in total. The molecule has 188 valence electrons. The van der Waals surface area contributed by atoms with Gasteiger partial charge in [-0.05, 0) is 43.4 Å². The molecule has 0 aliphatic carbocycles. The van der Waals surface area contributed by atoms with Gasteiger partial charge >= 0.3 is 0 Å². The smallest absolute Gasteiger partial charge is 0.269 e. The van der Waals surface area contributed by atoms with Gasteiger partial charge in [-0.3, -0.25) is 14.4 Å². The molecule has 0 saturated heterocycles. The van der Waals surface area contributed by atoms with Crippen LogP contribution in [0, 0.1) is 5.92 Å². The first-order valence-corrected chi connectivity index (χ1v) is 13.3. The molecule has 1 atom stereocenters. The number of carbonyl (C=O) groups excluding carboxylic acids is 3. The maximum atomic E-state index is 13.2. The Morgan fingerprint density at radius 3 is 2.31 bits per heavy atom. The number of rotatable bonds is 11. The van der Waals surface area contributed by atoms with Gasteiger partial charge in [0, 0.05) is 26.1 Å². The number of fused-ring (bicyclic) bond motifs is 1. The van der Waals surface area contributed by atoms with Gasteiger partial charge in [-0.1, -0.05) is 56.3 Å². The Kier molecular flexibility index (Phi) is 8.67. The molecule has 0 aromatic heterocycles. The van der Waals surface area contributed by atoms with Gasteiger partial charge in [0.25, 0.3) is 15.9 Å². The van der Waals surface area contributed by atoms with Crippen LogP contribution in [0.4, 0.5) is 0 Å². The van der Waals surface area contributed by atoms with Crippen LogP contribution in [-0.4, -0.2) is 61.0 Å². The van der Waals surface area contributed by atoms with Crippen LogP contribution in [0.15, 0.2) is 59.5 Å². The summed E-state index contributed by atoms with van der Waals surface area (Å²) in [5.41, 5.74) is 1.20. The maximum absolute atomic E-state index is 13.2. The second kappa shape index (κ2) is 11.5. The van der Waals surface area contributed by atoms with Gasteiger partial charge in [0.2, 0.25) is 11.8 Å². The largest absolute Gasteiger partial charge is 0.354 e. The molecular formula is C26H33N3O5S. The molecule has 3 amide bonds. The minimum absolute atomic E-state index is 0.00346. The highest BCUT2D eigenvalue weighted by Gasteiger charge is 2.40. The van der Waals surface area contributed by atoms with Gasteiger partial charge < -0.3 is 10.2 Å². The van der Waals surface area contributed by atoms with Gasteiger partial charge in [-0.2, -0.15) is 0 Å². The first kappa shape index (κ1) is 26.4. The molecule has 1 aliphatic heterocycles. The van der Waals surface area contributed by atoms with E-state index in [4.69, 9.17) is 0 Å². The second-order valence-corrected chi connectivity index (χ2v) is 11.0. The van der Waals surface area contributed by atoms with Crippen molar-refractivity contribution in [2.75, 3.05) is 19.6 Å². The third-order valence-corrected chi connectivity index (χ3v) is 7.84. The molecule has 1 heterocycles. The van der Waals surface area contributed by atoms with E-state index in [-0.39, 0.29) is 47.6 Å². The van der Waals surface area contributed by atoms with Gasteiger partial charge in [-0.15, -0.1) is 0 Å². The van der Waals surface area contributed by atoms with Crippen LogP contribution in [0.3, 0.4) is 0 Å². The Morgan fingerprint density at radius 2 is 1.66 bits per heavy atom. The van der Waals surface area contributed by atoms with Crippen molar-refractivity contribution in [1.29, 1.82) is 0 Å². The highest BCUT2D eigenvalue weighted by Crippen LogP contribution is 2.30. The lowest BCUT2D eigenvalue weighted by molar-refractivity contribution is -0.140. The first-order valence-electron chi connectivity index (χ1n) is 11.9. The number of carbonyl (C=O) groups is 3. The lowest BCUT2D eigenvalue weighted by Gasteiger charge is -2.29. The molecular weight excluding hydrogens is 466 g/mol. The van der Waals surface area contributed by atoms with E-state index in [1.165, 1.54) is 17.0 Å². The second-order valence-electron chi connectivity index (χ2n) is 9.12. The summed E-state index contributed by atoms with van der Waals surface area (Å²) in [4.78, 5) is 40.0. The summed E-state index contributed by atoms with van der Waals surface area (Å²) in [5, 5.41) is 2.88. The van der Waals surface area contributed by atoms with Crippen molar-refractivity contribution in [3.8, 4) is 0 Å². The van der Waals surface area contributed by atoms with Crippen molar-refractivity contribution < 1.29 is 22.8 Å². The number of hydrogen-bond donors (Lipinski definition) is 1. The summed E-state index contributed by atoms with van der Waals surface area (Å²) in [5.74, 6) is -0.776. The molecule has 3 rings (SSSR count). The van der Waals surface area contributed by atoms with Crippen molar-refractivity contribution >= 4 is 27.7 Å². The molecule has 2 aromatic rings. The van der Waals surface area contributed by atoms with E-state index in [0.29, 0.717) is 19.5 Å². The average molecular weight is 500 g/mol. The van der Waals surface area contributed by atoms with Gasteiger partial charge in [-0.25, -0.2) is 12.7 Å². The summed E-state index contributed by atoms with van der Waals surface area (Å²) in [6, 6.07) is 15.1. The Balaban J connectivity index is 1.65. The quantitative estimate of drug-likeness (QED) is 0.512. The van der Waals surface area contributed by atoms with Gasteiger partial charge in [0.1, 0.15) is 10.9 Å². The monoisotopic (exact) mass is 499 g/mol. The van der Waals surface area contributed by atoms with Crippen molar-refractivity contribution in [3.05, 3.63) is 65.7 Å². The molecule has 1 aliphatic rings. The van der Waals surface area contributed by atoms with E-state index in [0.717, 1.165) is 9.87 Å². The number of sulfonamides is 1. The van der Waals surface area contributed by atoms with E-state index < -0.39 is 22.0 Å². The molecule has 8 nitrogen and oxygen atoms in total. The Labute approximate surface area is 207 Å². The van der Waals surface area contributed by atoms with E-state index in [1.807, 2.05) is 44.2 Å². The minimum atomic E-state index is -3.91. The summed E-state index contributed by atoms with van der Waals surface area (Å²) in [7, 11) is -3.91. The van der Waals surface area contributed by atoms with Crippen molar-refractivity contribution in [2.45, 2.75) is 51.0 Å². The molecule has 2 aromatic carbocycles. The zero-order valence-corrected chi connectivity index (χ0v) is 21.3. The fraction of sp³-hybridized carbons (Fsp3) is 0.423. The summed E-state index contributed by atoms with van der Waals surface area (Å²) < 4.78 is 26.3. The molecule has 0 bridgehead atoms. The van der Waals surface area contributed by atoms with Crippen molar-refractivity contribution in [1.82, 2.24) is 14.5 Å². The Bertz CT molecular complexity index is 1160. The normalized spacial score (nSPS) is 15.1. The number of benzene rings is 2. The predicted molar refractivity (Wildman–Crippen MR) is 133 cm³/mol. The van der Waals surface area contributed by atoms with Crippen LogP contribution in [0.1, 0.15) is 49.5 Å². The van der Waals surface area contributed by atoms with Gasteiger partial charge in [0.05, 0.1) is 5.56 Å². The zero-order chi connectivity index (χ0) is 25.6. The third kappa shape index (κ3) is 6.28. The van der Waals surface area contributed by atoms with Crippen LogP contribution in [0.5, 0.6) is 0 Å². The fourth-order valence-electron chi connectivity index (χ4n) is 3.99. The van der Waals surface area contributed by atoms with E-state index in [1.54, 1.807) is 19.1 Å². The van der Waals surface area contributed by atoms with Crippen molar-refractivity contribution in [3.63, 3.8) is 0 Å². The number of hydrogen-bond acceptors (Lipinski definition) is 5. The topological polar surface area (TPSA) is 104 Å². The summed E-state index contributed by atoms with van der Waals surface area (Å²) in [6.07, 6.45) is 0.773. The minimum Gasteiger partial charge on any atom is -0.354 e. The number of nitrogens with one attached hydrogen (secondary N) is 1. The SMILES string of the molecule is CC(C)CNC(=O)[C@H](C)N(CCc1ccccc1)C(=O)CCCN1C(=O)c2ccccc2S1(=O)=O. The highest BCUT2D eigenvalue weighted by molar-refractivity contribution is 7.90. The average Bonchev–Trinajstić information content (AvgIpc) is 3.03. The molecule has 35 heavy (non-hydrogen) atoms. The van der Waals surface area contributed by atoms with Crippen LogP contribution in [0.25, 0.3) is 0 Å². The highest BCUT2D eigenvalue weighted by atomic mass is 32.2. The number of amides is 3. The Hall–Kier alpha value is -3.20. The first-order chi connectivity index (χ1) is 16.6. The molecule has 9 heteroatoms. The van der Waals surface area contributed by atoms with E-state index in [9.17, 15) is 22.8 Å². The molecule has 0 fully saturated rings. The van der Waals surface area contributed by atoms with E-state index >= 15 is 0 Å². The summed E-state index contributed by atoms with van der Waals surface area (Å²) >= 11 is 0. The standard InChI is InChI=1S/C26H33N3O5S/c1-19(2)18-27-25(31)20(3)28(17-15-21-10-5-4-6-11-21)24(30)14-9-16-29-26(32)22-12-7-8-13-23(22)35(29,33)34/h4-8,10-13,19-20H,9,14-18H2,1-3H3,(H,27,31)/t20-/m0/s1. The maximum Gasteiger partial charge on any atom is 0.269 e. The molecule has 0 saturated carbocycles. The fourth-order valence-corrected chi connectivity index (χ4v) is 5.60. The molecule has 0 unspecified atom stereocenters. The lowest BCUT2D eigenvalue weighted by Crippen LogP contribution is -2.49. The number of nitrogens with zero attached hydrogens (tertiary/aromatic N) is 2. The molecule has 0 radical (unpaired) electrons. The predicted octanol–water partition coefficient (Wildman–Crippen LogP) is 2.84. The third-order valence-electron chi connectivity index (χ3n) is 6.00.